The summed E-state index contributed by atoms with van der Waals surface area (Å²) in [5.74, 6) is 5.76. The summed E-state index contributed by atoms with van der Waals surface area (Å²) in [6.07, 6.45) is 0. The van der Waals surface area contributed by atoms with Gasteiger partial charge in [0, 0.05) is 17.8 Å². The summed E-state index contributed by atoms with van der Waals surface area (Å²) < 4.78 is 18.3. The summed E-state index contributed by atoms with van der Waals surface area (Å²) in [5.41, 5.74) is 3.02. The lowest BCUT2D eigenvalue weighted by molar-refractivity contribution is 0.457. The minimum atomic E-state index is -0.370. The Morgan fingerprint density at radius 3 is 2.82 bits per heavy atom. The highest BCUT2D eigenvalue weighted by atomic mass is 19.1. The normalized spacial score (nSPS) is 10.1. The fourth-order valence-corrected chi connectivity index (χ4v) is 1.31. The van der Waals surface area contributed by atoms with Gasteiger partial charge in [0.1, 0.15) is 11.6 Å². The molecule has 0 aliphatic rings. The van der Waals surface area contributed by atoms with Crippen LogP contribution in [0.15, 0.2) is 30.3 Å². The second-order valence-electron chi connectivity index (χ2n) is 3.37. The first kappa shape index (κ1) is 11.3. The van der Waals surface area contributed by atoms with Crippen molar-refractivity contribution in [2.75, 3.05) is 5.43 Å². The summed E-state index contributed by atoms with van der Waals surface area (Å²) in [5, 5.41) is 0. The molecule has 0 atom stereocenters. The SMILES string of the molecule is Cc1cc(Oc2cccc(F)c2)nc(NN)n1. The Labute approximate surface area is 97.4 Å². The predicted molar refractivity (Wildman–Crippen MR) is 61.1 cm³/mol. The first-order valence-electron chi connectivity index (χ1n) is 4.93. The Balaban J connectivity index is 2.26. The number of ether oxygens (including phenoxy) is 1. The molecule has 1 aromatic heterocycles. The molecule has 88 valence electrons. The van der Waals surface area contributed by atoms with Gasteiger partial charge in [0.25, 0.3) is 0 Å². The summed E-state index contributed by atoms with van der Waals surface area (Å²) in [7, 11) is 0. The Bertz CT molecular complexity index is 533. The maximum absolute atomic E-state index is 12.9. The van der Waals surface area contributed by atoms with E-state index in [9.17, 15) is 4.39 Å². The van der Waals surface area contributed by atoms with Gasteiger partial charge in [-0.1, -0.05) is 6.07 Å². The second kappa shape index (κ2) is 4.75. The molecule has 0 spiro atoms. The van der Waals surface area contributed by atoms with Crippen LogP contribution in [0.3, 0.4) is 0 Å². The van der Waals surface area contributed by atoms with E-state index in [0.29, 0.717) is 17.3 Å². The second-order valence-corrected chi connectivity index (χ2v) is 3.37. The molecule has 2 rings (SSSR count). The third kappa shape index (κ3) is 2.88. The number of nitrogens with two attached hydrogens (primary N) is 1. The molecule has 0 aliphatic carbocycles. The first-order valence-corrected chi connectivity index (χ1v) is 4.93. The average molecular weight is 234 g/mol. The maximum Gasteiger partial charge on any atom is 0.240 e. The van der Waals surface area contributed by atoms with Gasteiger partial charge < -0.3 is 4.74 Å². The standard InChI is InChI=1S/C11H11FN4O/c1-7-5-10(15-11(14-7)16-13)17-9-4-2-3-8(12)6-9/h2-6H,13H2,1H3,(H,14,15,16). The molecule has 6 heteroatoms. The summed E-state index contributed by atoms with van der Waals surface area (Å²) >= 11 is 0. The zero-order chi connectivity index (χ0) is 12.3. The molecule has 0 aliphatic heterocycles. The number of nitrogen functional groups attached to an aromatic ring is 1. The van der Waals surface area contributed by atoms with Gasteiger partial charge in [-0.25, -0.2) is 15.2 Å². The summed E-state index contributed by atoms with van der Waals surface area (Å²) in [6, 6.07) is 7.43. The van der Waals surface area contributed by atoms with Crippen LogP contribution in [0, 0.1) is 12.7 Å². The minimum Gasteiger partial charge on any atom is -0.439 e. The first-order chi connectivity index (χ1) is 8.17. The molecule has 0 saturated heterocycles. The van der Waals surface area contributed by atoms with Crippen molar-refractivity contribution >= 4 is 5.95 Å². The lowest BCUT2D eigenvalue weighted by atomic mass is 10.3. The molecule has 5 nitrogen and oxygen atoms in total. The zero-order valence-electron chi connectivity index (χ0n) is 9.14. The van der Waals surface area contributed by atoms with Gasteiger partial charge in [-0.2, -0.15) is 4.98 Å². The van der Waals surface area contributed by atoms with E-state index < -0.39 is 0 Å². The Kier molecular flexibility index (Phi) is 3.15. The van der Waals surface area contributed by atoms with Gasteiger partial charge in [0.05, 0.1) is 0 Å². The molecule has 1 aromatic carbocycles. The lowest BCUT2D eigenvalue weighted by Gasteiger charge is -2.07. The molecular formula is C11H11FN4O. The maximum atomic E-state index is 12.9. The van der Waals surface area contributed by atoms with Crippen molar-refractivity contribution < 1.29 is 9.13 Å². The fraction of sp³-hybridized carbons (Fsp3) is 0.0909. The van der Waals surface area contributed by atoms with E-state index in [1.807, 2.05) is 0 Å². The van der Waals surface area contributed by atoms with Crippen LogP contribution >= 0.6 is 0 Å². The molecule has 3 N–H and O–H groups in total. The highest BCUT2D eigenvalue weighted by Gasteiger charge is 2.04. The molecule has 0 saturated carbocycles. The monoisotopic (exact) mass is 234 g/mol. The van der Waals surface area contributed by atoms with E-state index >= 15 is 0 Å². The molecule has 0 amide bonds. The number of rotatable bonds is 3. The fourth-order valence-electron chi connectivity index (χ4n) is 1.31. The van der Waals surface area contributed by atoms with E-state index in [1.54, 1.807) is 25.1 Å². The van der Waals surface area contributed by atoms with Crippen molar-refractivity contribution in [3.05, 3.63) is 41.8 Å². The van der Waals surface area contributed by atoms with Crippen LogP contribution in [0.2, 0.25) is 0 Å². The lowest BCUT2D eigenvalue weighted by Crippen LogP contribution is -2.11. The van der Waals surface area contributed by atoms with Crippen LogP contribution < -0.4 is 16.0 Å². The van der Waals surface area contributed by atoms with Crippen molar-refractivity contribution in [1.29, 1.82) is 0 Å². The topological polar surface area (TPSA) is 73.1 Å². The van der Waals surface area contributed by atoms with Gasteiger partial charge in [0.2, 0.25) is 11.8 Å². The van der Waals surface area contributed by atoms with Gasteiger partial charge in [-0.15, -0.1) is 0 Å². The van der Waals surface area contributed by atoms with Crippen LogP contribution in [-0.4, -0.2) is 9.97 Å². The zero-order valence-corrected chi connectivity index (χ0v) is 9.14. The quantitative estimate of drug-likeness (QED) is 0.627. The number of nitrogens with one attached hydrogen (secondary N) is 1. The molecule has 1 heterocycles. The number of nitrogens with zero attached hydrogens (tertiary/aromatic N) is 2. The predicted octanol–water partition coefficient (Wildman–Crippen LogP) is 2.00. The molecular weight excluding hydrogens is 223 g/mol. The smallest absolute Gasteiger partial charge is 0.240 e. The van der Waals surface area contributed by atoms with E-state index in [4.69, 9.17) is 10.6 Å². The average Bonchev–Trinajstić information content (AvgIpc) is 2.28. The van der Waals surface area contributed by atoms with Gasteiger partial charge in [0.15, 0.2) is 0 Å². The number of aromatic nitrogens is 2. The van der Waals surface area contributed by atoms with Crippen molar-refractivity contribution in [2.24, 2.45) is 5.84 Å². The van der Waals surface area contributed by atoms with Crippen LogP contribution in [0.5, 0.6) is 11.6 Å². The molecule has 0 unspecified atom stereocenters. The Morgan fingerprint density at radius 2 is 2.12 bits per heavy atom. The Morgan fingerprint density at radius 1 is 1.29 bits per heavy atom. The number of benzene rings is 1. The third-order valence-electron chi connectivity index (χ3n) is 1.98. The van der Waals surface area contributed by atoms with Crippen LogP contribution in [0.4, 0.5) is 10.3 Å². The van der Waals surface area contributed by atoms with Crippen molar-refractivity contribution in [2.45, 2.75) is 6.92 Å². The van der Waals surface area contributed by atoms with Crippen LogP contribution in [0.25, 0.3) is 0 Å². The number of hydrazine groups is 1. The molecule has 0 radical (unpaired) electrons. The van der Waals surface area contributed by atoms with Gasteiger partial charge in [-0.05, 0) is 19.1 Å². The Hall–Kier alpha value is -2.21. The number of aryl methyl sites for hydroxylation is 1. The number of anilines is 1. The highest BCUT2D eigenvalue weighted by Crippen LogP contribution is 2.21. The van der Waals surface area contributed by atoms with E-state index in [-0.39, 0.29) is 11.8 Å². The minimum absolute atomic E-state index is 0.247. The molecule has 0 bridgehead atoms. The molecule has 2 aromatic rings. The van der Waals surface area contributed by atoms with Gasteiger partial charge in [-0.3, -0.25) is 5.43 Å². The number of hydrogen-bond acceptors (Lipinski definition) is 5. The molecule has 0 fully saturated rings. The van der Waals surface area contributed by atoms with Crippen molar-refractivity contribution in [3.63, 3.8) is 0 Å². The molecule has 17 heavy (non-hydrogen) atoms. The number of hydrogen-bond donors (Lipinski definition) is 2. The summed E-state index contributed by atoms with van der Waals surface area (Å²) in [4.78, 5) is 8.00. The summed E-state index contributed by atoms with van der Waals surface area (Å²) in [6.45, 7) is 1.78. The van der Waals surface area contributed by atoms with Crippen molar-refractivity contribution in [1.82, 2.24) is 9.97 Å². The van der Waals surface area contributed by atoms with E-state index in [0.717, 1.165) is 0 Å². The van der Waals surface area contributed by atoms with Gasteiger partial charge >= 0.3 is 0 Å². The van der Waals surface area contributed by atoms with E-state index in [2.05, 4.69) is 15.4 Å². The third-order valence-corrected chi connectivity index (χ3v) is 1.98. The van der Waals surface area contributed by atoms with Crippen LogP contribution in [-0.2, 0) is 0 Å². The highest BCUT2D eigenvalue weighted by molar-refractivity contribution is 5.33. The number of halogens is 1. The van der Waals surface area contributed by atoms with E-state index in [1.165, 1.54) is 12.1 Å². The largest absolute Gasteiger partial charge is 0.439 e. The van der Waals surface area contributed by atoms with Crippen molar-refractivity contribution in [3.8, 4) is 11.6 Å². The van der Waals surface area contributed by atoms with Crippen LogP contribution in [0.1, 0.15) is 5.69 Å².